The van der Waals surface area contributed by atoms with E-state index in [4.69, 9.17) is 4.74 Å². The Kier molecular flexibility index (Phi) is 5.31. The van der Waals surface area contributed by atoms with E-state index in [0.29, 0.717) is 24.4 Å². The maximum atomic E-state index is 12.1. The van der Waals surface area contributed by atoms with E-state index in [9.17, 15) is 13.2 Å². The molecule has 1 aliphatic heterocycles. The maximum absolute atomic E-state index is 12.1. The lowest BCUT2D eigenvalue weighted by Gasteiger charge is -2.26. The van der Waals surface area contributed by atoms with Crippen molar-refractivity contribution in [3.05, 3.63) is 29.8 Å². The molecule has 0 saturated carbocycles. The van der Waals surface area contributed by atoms with Crippen LogP contribution in [0.25, 0.3) is 0 Å². The average molecular weight is 340 g/mol. The lowest BCUT2D eigenvalue weighted by molar-refractivity contribution is 0.0528. The molecular formula is C16H24N2O4S. The van der Waals surface area contributed by atoms with Crippen molar-refractivity contribution in [3.63, 3.8) is 0 Å². The van der Waals surface area contributed by atoms with Gasteiger partial charge in [-0.2, -0.15) is 0 Å². The quantitative estimate of drug-likeness (QED) is 0.819. The van der Waals surface area contributed by atoms with E-state index in [2.05, 4.69) is 10.6 Å². The third-order valence-electron chi connectivity index (χ3n) is 3.49. The number of sulfone groups is 1. The molecule has 0 radical (unpaired) electrons. The fraction of sp³-hybridized carbons (Fsp3) is 0.562. The molecule has 2 rings (SSSR count). The number of alkyl carbamates (subject to hydrolysis) is 1. The number of hydrogen-bond acceptors (Lipinski definition) is 5. The van der Waals surface area contributed by atoms with Crippen LogP contribution < -0.4 is 10.6 Å². The van der Waals surface area contributed by atoms with Crippen LogP contribution in [0, 0.1) is 0 Å². The van der Waals surface area contributed by atoms with Gasteiger partial charge in [-0.3, -0.25) is 0 Å². The monoisotopic (exact) mass is 340 g/mol. The lowest BCUT2D eigenvalue weighted by Crippen LogP contribution is -2.38. The second-order valence-electron chi connectivity index (χ2n) is 6.58. The van der Waals surface area contributed by atoms with E-state index in [1.807, 2.05) is 32.9 Å². The Bertz CT molecular complexity index is 665. The molecule has 1 unspecified atom stereocenters. The fourth-order valence-corrected chi connectivity index (χ4v) is 4.15. The van der Waals surface area contributed by atoms with Crippen molar-refractivity contribution < 1.29 is 17.9 Å². The maximum Gasteiger partial charge on any atom is 0.407 e. The van der Waals surface area contributed by atoms with Gasteiger partial charge in [0.25, 0.3) is 0 Å². The zero-order chi connectivity index (χ0) is 17.1. The molecule has 0 bridgehead atoms. The van der Waals surface area contributed by atoms with E-state index in [1.54, 1.807) is 12.1 Å². The normalized spacial score (nSPS) is 19.7. The molecule has 6 nitrogen and oxygen atoms in total. The summed E-state index contributed by atoms with van der Waals surface area (Å²) in [5.41, 5.74) is 0.282. The minimum absolute atomic E-state index is 0.0184. The van der Waals surface area contributed by atoms with E-state index in [1.165, 1.54) is 0 Å². The van der Waals surface area contributed by atoms with Crippen LogP contribution in [-0.2, 0) is 14.6 Å². The minimum atomic E-state index is -3.17. The second-order valence-corrected chi connectivity index (χ2v) is 8.66. The Labute approximate surface area is 137 Å². The lowest BCUT2D eigenvalue weighted by atomic mass is 10.0. The van der Waals surface area contributed by atoms with Gasteiger partial charge in [0.05, 0.1) is 10.6 Å². The molecule has 1 heterocycles. The van der Waals surface area contributed by atoms with Gasteiger partial charge in [0.1, 0.15) is 5.60 Å². The van der Waals surface area contributed by atoms with Crippen molar-refractivity contribution in [2.24, 2.45) is 0 Å². The smallest absolute Gasteiger partial charge is 0.407 e. The van der Waals surface area contributed by atoms with Crippen molar-refractivity contribution in [3.8, 4) is 0 Å². The van der Waals surface area contributed by atoms with Crippen LogP contribution in [0.3, 0.4) is 0 Å². The van der Waals surface area contributed by atoms with E-state index < -0.39 is 21.5 Å². The molecule has 0 aromatic heterocycles. The molecule has 23 heavy (non-hydrogen) atoms. The number of nitrogens with one attached hydrogen (secondary N) is 2. The Hall–Kier alpha value is -1.60. The molecular weight excluding hydrogens is 316 g/mol. The van der Waals surface area contributed by atoms with Crippen molar-refractivity contribution in [1.29, 1.82) is 0 Å². The zero-order valence-corrected chi connectivity index (χ0v) is 14.6. The van der Waals surface area contributed by atoms with Gasteiger partial charge in [-0.1, -0.05) is 18.2 Å². The van der Waals surface area contributed by atoms with Crippen molar-refractivity contribution >= 4 is 15.9 Å². The first-order valence-electron chi connectivity index (χ1n) is 7.71. The third kappa shape index (κ3) is 4.94. The molecule has 0 aliphatic carbocycles. The van der Waals surface area contributed by atoms with E-state index >= 15 is 0 Å². The first kappa shape index (κ1) is 17.7. The fourth-order valence-electron chi connectivity index (χ4n) is 2.53. The van der Waals surface area contributed by atoms with Crippen molar-refractivity contribution in [1.82, 2.24) is 10.6 Å². The molecule has 0 saturated heterocycles. The Morgan fingerprint density at radius 1 is 1.26 bits per heavy atom. The molecule has 1 aromatic rings. The predicted octanol–water partition coefficient (Wildman–Crippen LogP) is 2.02. The number of fused-ring (bicyclic) bond motifs is 1. The molecule has 0 spiro atoms. The Balaban J connectivity index is 1.87. The molecule has 1 aliphatic rings. The van der Waals surface area contributed by atoms with Gasteiger partial charge in [-0.15, -0.1) is 0 Å². The summed E-state index contributed by atoms with van der Waals surface area (Å²) in [5, 5.41) is 5.98. The number of benzene rings is 1. The standard InChI is InChI=1S/C16H24N2O4S/c1-16(2,3)22-15(19)18-10-9-17-13-8-11-23(20,21)14-7-5-4-6-12(13)14/h4-7,13,17H,8-11H2,1-3H3,(H,18,19). The summed E-state index contributed by atoms with van der Waals surface area (Å²) in [5.74, 6) is 0.140. The van der Waals surface area contributed by atoms with Gasteiger partial charge in [-0.25, -0.2) is 13.2 Å². The Morgan fingerprint density at radius 2 is 1.96 bits per heavy atom. The van der Waals surface area contributed by atoms with Gasteiger partial charge < -0.3 is 15.4 Å². The third-order valence-corrected chi connectivity index (χ3v) is 5.30. The number of hydrogen-bond donors (Lipinski definition) is 2. The Morgan fingerprint density at radius 3 is 2.65 bits per heavy atom. The highest BCUT2D eigenvalue weighted by molar-refractivity contribution is 7.91. The second kappa shape index (κ2) is 6.88. The molecule has 128 valence electrons. The van der Waals surface area contributed by atoms with Gasteiger partial charge in [-0.05, 0) is 38.8 Å². The number of amides is 1. The van der Waals surface area contributed by atoms with Crippen LogP contribution in [0.5, 0.6) is 0 Å². The summed E-state index contributed by atoms with van der Waals surface area (Å²) in [4.78, 5) is 12.0. The largest absolute Gasteiger partial charge is 0.444 e. The molecule has 2 N–H and O–H groups in total. The summed E-state index contributed by atoms with van der Waals surface area (Å²) in [7, 11) is -3.17. The predicted molar refractivity (Wildman–Crippen MR) is 88.1 cm³/mol. The van der Waals surface area contributed by atoms with Crippen LogP contribution in [0.4, 0.5) is 4.79 Å². The van der Waals surface area contributed by atoms with Gasteiger partial charge >= 0.3 is 6.09 Å². The number of carbonyl (C=O) groups excluding carboxylic acids is 1. The number of ether oxygens (including phenoxy) is 1. The highest BCUT2D eigenvalue weighted by Crippen LogP contribution is 2.31. The first-order chi connectivity index (χ1) is 10.7. The summed E-state index contributed by atoms with van der Waals surface area (Å²) >= 11 is 0. The van der Waals surface area contributed by atoms with Gasteiger partial charge in [0.2, 0.25) is 0 Å². The average Bonchev–Trinajstić information content (AvgIpc) is 2.44. The summed E-state index contributed by atoms with van der Waals surface area (Å²) in [6.07, 6.45) is 0.0807. The first-order valence-corrected chi connectivity index (χ1v) is 9.36. The van der Waals surface area contributed by atoms with E-state index in [-0.39, 0.29) is 11.8 Å². The molecule has 1 aromatic carbocycles. The van der Waals surface area contributed by atoms with Crippen LogP contribution in [0.1, 0.15) is 38.8 Å². The molecule has 1 atom stereocenters. The van der Waals surface area contributed by atoms with Gasteiger partial charge in [0, 0.05) is 19.1 Å². The van der Waals surface area contributed by atoms with Crippen LogP contribution >= 0.6 is 0 Å². The minimum Gasteiger partial charge on any atom is -0.444 e. The molecule has 0 fully saturated rings. The number of carbonyl (C=O) groups is 1. The number of rotatable bonds is 4. The van der Waals surface area contributed by atoms with E-state index in [0.717, 1.165) is 5.56 Å². The topological polar surface area (TPSA) is 84.5 Å². The van der Waals surface area contributed by atoms with Crippen LogP contribution in [0.15, 0.2) is 29.2 Å². The van der Waals surface area contributed by atoms with Gasteiger partial charge in [0.15, 0.2) is 9.84 Å². The van der Waals surface area contributed by atoms with Crippen molar-refractivity contribution in [2.45, 2.75) is 43.7 Å². The summed E-state index contributed by atoms with van der Waals surface area (Å²) in [6, 6.07) is 7.05. The van der Waals surface area contributed by atoms with Crippen LogP contribution in [-0.4, -0.2) is 39.0 Å². The molecule has 7 heteroatoms. The summed E-state index contributed by atoms with van der Waals surface area (Å²) in [6.45, 7) is 6.39. The van der Waals surface area contributed by atoms with Crippen LogP contribution in [0.2, 0.25) is 0 Å². The highest BCUT2D eigenvalue weighted by Gasteiger charge is 2.29. The SMILES string of the molecule is CC(C)(C)OC(=O)NCCNC1CCS(=O)(=O)c2ccccc21. The molecule has 1 amide bonds. The van der Waals surface area contributed by atoms with Crippen molar-refractivity contribution in [2.75, 3.05) is 18.8 Å². The summed E-state index contributed by atoms with van der Waals surface area (Å²) < 4.78 is 29.3. The zero-order valence-electron chi connectivity index (χ0n) is 13.8. The highest BCUT2D eigenvalue weighted by atomic mass is 32.2.